The molecule has 0 saturated heterocycles. The number of hydrogen-bond acceptors (Lipinski definition) is 3. The largest absolute Gasteiger partial charge is 0.497 e. The standard InChI is InChI=1S/C14H22N2O2/c1-3-4-13(15)14(17)16-10-9-11-5-7-12(18-2)8-6-11/h5-8,13H,3-4,9-10,15H2,1-2H3,(H,16,17)/t13-/m0/s1. The lowest BCUT2D eigenvalue weighted by atomic mass is 10.1. The summed E-state index contributed by atoms with van der Waals surface area (Å²) in [5.41, 5.74) is 6.88. The van der Waals surface area contributed by atoms with Crippen LogP contribution in [0.3, 0.4) is 0 Å². The molecule has 100 valence electrons. The second kappa shape index (κ2) is 7.71. The molecule has 1 aromatic rings. The summed E-state index contributed by atoms with van der Waals surface area (Å²) in [5.74, 6) is 0.776. The average molecular weight is 250 g/mol. The van der Waals surface area contributed by atoms with Gasteiger partial charge in [0.05, 0.1) is 13.2 Å². The van der Waals surface area contributed by atoms with Crippen LogP contribution in [-0.2, 0) is 11.2 Å². The van der Waals surface area contributed by atoms with Crippen LogP contribution < -0.4 is 15.8 Å². The number of methoxy groups -OCH3 is 1. The number of carbonyl (C=O) groups excluding carboxylic acids is 1. The molecule has 0 aliphatic heterocycles. The van der Waals surface area contributed by atoms with Crippen molar-refractivity contribution in [2.24, 2.45) is 5.73 Å². The lowest BCUT2D eigenvalue weighted by Crippen LogP contribution is -2.41. The fraction of sp³-hybridized carbons (Fsp3) is 0.500. The van der Waals surface area contributed by atoms with E-state index >= 15 is 0 Å². The van der Waals surface area contributed by atoms with Gasteiger partial charge in [-0.3, -0.25) is 4.79 Å². The molecular weight excluding hydrogens is 228 g/mol. The van der Waals surface area contributed by atoms with Gasteiger partial charge in [-0.25, -0.2) is 0 Å². The van der Waals surface area contributed by atoms with Gasteiger partial charge in [-0.05, 0) is 30.5 Å². The van der Waals surface area contributed by atoms with Crippen molar-refractivity contribution in [2.45, 2.75) is 32.2 Å². The van der Waals surface area contributed by atoms with Gasteiger partial charge in [0.1, 0.15) is 5.75 Å². The van der Waals surface area contributed by atoms with E-state index in [0.29, 0.717) is 6.54 Å². The lowest BCUT2D eigenvalue weighted by molar-refractivity contribution is -0.122. The third kappa shape index (κ3) is 4.75. The van der Waals surface area contributed by atoms with Gasteiger partial charge in [-0.2, -0.15) is 0 Å². The highest BCUT2D eigenvalue weighted by atomic mass is 16.5. The Bertz CT molecular complexity index is 363. The summed E-state index contributed by atoms with van der Waals surface area (Å²) in [4.78, 5) is 11.6. The fourth-order valence-electron chi connectivity index (χ4n) is 1.70. The van der Waals surface area contributed by atoms with Crippen LogP contribution in [0.4, 0.5) is 0 Å². The van der Waals surface area contributed by atoms with E-state index in [1.165, 1.54) is 5.56 Å². The van der Waals surface area contributed by atoms with E-state index in [0.717, 1.165) is 25.0 Å². The summed E-state index contributed by atoms with van der Waals surface area (Å²) in [6, 6.07) is 7.44. The molecule has 1 amide bonds. The van der Waals surface area contributed by atoms with E-state index in [-0.39, 0.29) is 11.9 Å². The number of amides is 1. The molecule has 1 rings (SSSR count). The van der Waals surface area contributed by atoms with E-state index in [9.17, 15) is 4.79 Å². The summed E-state index contributed by atoms with van der Waals surface area (Å²) >= 11 is 0. The van der Waals surface area contributed by atoms with E-state index in [4.69, 9.17) is 10.5 Å². The zero-order valence-electron chi connectivity index (χ0n) is 11.1. The van der Waals surface area contributed by atoms with Gasteiger partial charge in [-0.15, -0.1) is 0 Å². The van der Waals surface area contributed by atoms with Crippen molar-refractivity contribution < 1.29 is 9.53 Å². The number of ether oxygens (including phenoxy) is 1. The Morgan fingerprint density at radius 2 is 2.06 bits per heavy atom. The minimum absolute atomic E-state index is 0.0645. The number of benzene rings is 1. The minimum Gasteiger partial charge on any atom is -0.497 e. The summed E-state index contributed by atoms with van der Waals surface area (Å²) in [6.45, 7) is 2.63. The van der Waals surface area contributed by atoms with Crippen molar-refractivity contribution in [1.82, 2.24) is 5.32 Å². The molecule has 0 radical (unpaired) electrons. The molecule has 0 bridgehead atoms. The van der Waals surface area contributed by atoms with Gasteiger partial charge in [0, 0.05) is 6.54 Å². The van der Waals surface area contributed by atoms with E-state index in [1.54, 1.807) is 7.11 Å². The normalized spacial score (nSPS) is 11.9. The molecule has 18 heavy (non-hydrogen) atoms. The molecule has 0 aliphatic carbocycles. The van der Waals surface area contributed by atoms with Crippen LogP contribution >= 0.6 is 0 Å². The molecule has 0 aromatic heterocycles. The predicted octanol–water partition coefficient (Wildman–Crippen LogP) is 1.48. The number of carbonyl (C=O) groups is 1. The van der Waals surface area contributed by atoms with E-state index < -0.39 is 0 Å². The number of hydrogen-bond donors (Lipinski definition) is 2. The Morgan fingerprint density at radius 1 is 1.39 bits per heavy atom. The van der Waals surface area contributed by atoms with E-state index in [1.807, 2.05) is 31.2 Å². The molecule has 1 aromatic carbocycles. The molecule has 0 unspecified atom stereocenters. The van der Waals surface area contributed by atoms with Crippen LogP contribution in [-0.4, -0.2) is 25.6 Å². The summed E-state index contributed by atoms with van der Waals surface area (Å²) in [5, 5.41) is 2.85. The zero-order valence-corrected chi connectivity index (χ0v) is 11.1. The molecule has 0 saturated carbocycles. The summed E-state index contributed by atoms with van der Waals surface area (Å²) in [7, 11) is 1.64. The fourth-order valence-corrected chi connectivity index (χ4v) is 1.70. The average Bonchev–Trinajstić information content (AvgIpc) is 2.39. The molecule has 0 heterocycles. The SMILES string of the molecule is CCC[C@H](N)C(=O)NCCc1ccc(OC)cc1. The first-order chi connectivity index (χ1) is 8.67. The zero-order chi connectivity index (χ0) is 13.4. The highest BCUT2D eigenvalue weighted by Crippen LogP contribution is 2.11. The molecule has 3 N–H and O–H groups in total. The Balaban J connectivity index is 2.30. The van der Waals surface area contributed by atoms with Crippen molar-refractivity contribution >= 4 is 5.91 Å². The summed E-state index contributed by atoms with van der Waals surface area (Å²) in [6.07, 6.45) is 2.45. The van der Waals surface area contributed by atoms with Crippen molar-refractivity contribution in [2.75, 3.05) is 13.7 Å². The molecule has 4 nitrogen and oxygen atoms in total. The van der Waals surface area contributed by atoms with Gasteiger partial charge < -0.3 is 15.8 Å². The van der Waals surface area contributed by atoms with Crippen LogP contribution in [0.15, 0.2) is 24.3 Å². The van der Waals surface area contributed by atoms with E-state index in [2.05, 4.69) is 5.32 Å². The van der Waals surface area contributed by atoms with Crippen molar-refractivity contribution in [3.8, 4) is 5.75 Å². The van der Waals surface area contributed by atoms with Crippen LogP contribution in [0.2, 0.25) is 0 Å². The maximum atomic E-state index is 11.6. The number of nitrogens with one attached hydrogen (secondary N) is 1. The Labute approximate surface area is 109 Å². The van der Waals surface area contributed by atoms with Crippen LogP contribution in [0.1, 0.15) is 25.3 Å². The Kier molecular flexibility index (Phi) is 6.22. The molecule has 1 atom stereocenters. The molecule has 0 fully saturated rings. The third-order valence-electron chi connectivity index (χ3n) is 2.81. The maximum absolute atomic E-state index is 11.6. The van der Waals surface area contributed by atoms with Gasteiger partial charge >= 0.3 is 0 Å². The van der Waals surface area contributed by atoms with Gasteiger partial charge in [0.25, 0.3) is 0 Å². The first kappa shape index (κ1) is 14.5. The topological polar surface area (TPSA) is 64.4 Å². The smallest absolute Gasteiger partial charge is 0.236 e. The number of nitrogens with two attached hydrogens (primary N) is 1. The first-order valence-corrected chi connectivity index (χ1v) is 6.33. The molecular formula is C14H22N2O2. The second-order valence-electron chi connectivity index (χ2n) is 4.28. The summed E-state index contributed by atoms with van der Waals surface area (Å²) < 4.78 is 5.08. The number of rotatable bonds is 7. The van der Waals surface area contributed by atoms with Crippen LogP contribution in [0.5, 0.6) is 5.75 Å². The molecule has 4 heteroatoms. The second-order valence-corrected chi connectivity index (χ2v) is 4.28. The predicted molar refractivity (Wildman–Crippen MR) is 72.6 cm³/mol. The quantitative estimate of drug-likeness (QED) is 0.770. The molecule has 0 aliphatic rings. The van der Waals surface area contributed by atoms with Crippen LogP contribution in [0, 0.1) is 0 Å². The van der Waals surface area contributed by atoms with Crippen molar-refractivity contribution in [3.05, 3.63) is 29.8 Å². The maximum Gasteiger partial charge on any atom is 0.236 e. The highest BCUT2D eigenvalue weighted by Gasteiger charge is 2.10. The Morgan fingerprint density at radius 3 is 2.61 bits per heavy atom. The molecule has 0 spiro atoms. The lowest BCUT2D eigenvalue weighted by Gasteiger charge is -2.11. The first-order valence-electron chi connectivity index (χ1n) is 6.33. The third-order valence-corrected chi connectivity index (χ3v) is 2.81. The van der Waals surface area contributed by atoms with Gasteiger partial charge in [-0.1, -0.05) is 25.5 Å². The Hall–Kier alpha value is -1.55. The van der Waals surface area contributed by atoms with Crippen molar-refractivity contribution in [3.63, 3.8) is 0 Å². The van der Waals surface area contributed by atoms with Gasteiger partial charge in [0.15, 0.2) is 0 Å². The van der Waals surface area contributed by atoms with Crippen LogP contribution in [0.25, 0.3) is 0 Å². The minimum atomic E-state index is -0.383. The van der Waals surface area contributed by atoms with Gasteiger partial charge in [0.2, 0.25) is 5.91 Å². The monoisotopic (exact) mass is 250 g/mol. The highest BCUT2D eigenvalue weighted by molar-refractivity contribution is 5.81. The van der Waals surface area contributed by atoms with Crippen molar-refractivity contribution in [1.29, 1.82) is 0 Å².